The number of allylic oxidation sites excluding steroid dienone is 11. The quantitative estimate of drug-likeness (QED) is 0.0199. The molecule has 3 fully saturated rings. The van der Waals surface area contributed by atoms with Crippen LogP contribution >= 0.6 is 0 Å². The van der Waals surface area contributed by atoms with Gasteiger partial charge in [0.25, 0.3) is 0 Å². The second-order valence-corrected chi connectivity index (χ2v) is 31.7. The highest BCUT2D eigenvalue weighted by molar-refractivity contribution is 5.76. The summed E-state index contributed by atoms with van der Waals surface area (Å²) < 4.78 is 34.5. The summed E-state index contributed by atoms with van der Waals surface area (Å²) in [5.74, 6) is -0.284. The normalized spacial score (nSPS) is 25.6. The Hall–Kier alpha value is -2.77. The molecular formula is C90H163NO18. The number of ether oxygens (including phenoxy) is 6. The van der Waals surface area contributed by atoms with Gasteiger partial charge in [0.05, 0.1) is 38.6 Å². The molecular weight excluding hydrogens is 1380 g/mol. The van der Waals surface area contributed by atoms with Gasteiger partial charge in [-0.05, 0) is 83.5 Å². The number of carbonyl (C=O) groups is 1. The Morgan fingerprint density at radius 1 is 0.330 bits per heavy atom. The maximum atomic E-state index is 13.5. The van der Waals surface area contributed by atoms with E-state index in [2.05, 4.69) is 79.9 Å². The number of nitrogens with one attached hydrogen (secondary N) is 1. The highest BCUT2D eigenvalue weighted by Gasteiger charge is 2.54. The van der Waals surface area contributed by atoms with Crippen molar-refractivity contribution in [2.24, 2.45) is 0 Å². The highest BCUT2D eigenvalue weighted by Crippen LogP contribution is 2.33. The first-order valence-electron chi connectivity index (χ1n) is 44.7. The molecule has 1 amide bonds. The van der Waals surface area contributed by atoms with Crippen LogP contribution in [0, 0.1) is 0 Å². The summed E-state index contributed by atoms with van der Waals surface area (Å²) in [7, 11) is 0. The smallest absolute Gasteiger partial charge is 0.220 e. The zero-order valence-corrected chi connectivity index (χ0v) is 68.5. The van der Waals surface area contributed by atoms with Gasteiger partial charge in [-0.25, -0.2) is 0 Å². The molecule has 0 aromatic carbocycles. The van der Waals surface area contributed by atoms with E-state index in [-0.39, 0.29) is 18.9 Å². The van der Waals surface area contributed by atoms with Gasteiger partial charge < -0.3 is 89.9 Å². The largest absolute Gasteiger partial charge is 0.394 e. The Bertz CT molecular complexity index is 2250. The third-order valence-corrected chi connectivity index (χ3v) is 22.0. The molecule has 0 saturated carbocycles. The van der Waals surface area contributed by atoms with Crippen LogP contribution < -0.4 is 5.32 Å². The molecule has 0 radical (unpaired) electrons. The van der Waals surface area contributed by atoms with Gasteiger partial charge in [-0.2, -0.15) is 0 Å². The van der Waals surface area contributed by atoms with Gasteiger partial charge >= 0.3 is 0 Å². The molecule has 19 nitrogen and oxygen atoms in total. The summed E-state index contributed by atoms with van der Waals surface area (Å²) in [6, 6.07) is -1.000. The molecule has 0 bridgehead atoms. The molecule has 109 heavy (non-hydrogen) atoms. The van der Waals surface area contributed by atoms with E-state index in [1.165, 1.54) is 270 Å². The number of hydrogen-bond acceptors (Lipinski definition) is 18. The molecule has 0 spiro atoms. The van der Waals surface area contributed by atoms with Crippen LogP contribution in [-0.4, -0.2) is 193 Å². The molecule has 3 rings (SSSR count). The van der Waals surface area contributed by atoms with E-state index >= 15 is 0 Å². The molecule has 17 atom stereocenters. The van der Waals surface area contributed by atoms with Crippen molar-refractivity contribution in [3.63, 3.8) is 0 Å². The van der Waals surface area contributed by atoms with Crippen molar-refractivity contribution in [2.45, 2.75) is 465 Å². The van der Waals surface area contributed by atoms with E-state index in [1.807, 2.05) is 6.08 Å². The second kappa shape index (κ2) is 69.5. The van der Waals surface area contributed by atoms with Gasteiger partial charge in [0.15, 0.2) is 18.9 Å². The fraction of sp³-hybridized carbons (Fsp3) is 0.856. The first kappa shape index (κ1) is 100. The summed E-state index contributed by atoms with van der Waals surface area (Å²) in [5.41, 5.74) is 0. The Morgan fingerprint density at radius 3 is 0.982 bits per heavy atom. The minimum atomic E-state index is -1.99. The second-order valence-electron chi connectivity index (χ2n) is 31.7. The van der Waals surface area contributed by atoms with Gasteiger partial charge in [-0.3, -0.25) is 4.79 Å². The van der Waals surface area contributed by atoms with Gasteiger partial charge in [-0.1, -0.05) is 344 Å². The van der Waals surface area contributed by atoms with Crippen LogP contribution in [-0.2, 0) is 33.2 Å². The zero-order chi connectivity index (χ0) is 78.8. The Labute approximate surface area is 661 Å². The predicted molar refractivity (Wildman–Crippen MR) is 438 cm³/mol. The van der Waals surface area contributed by atoms with Gasteiger partial charge in [0, 0.05) is 6.42 Å². The molecule has 0 aromatic heterocycles. The van der Waals surface area contributed by atoms with Gasteiger partial charge in [0.1, 0.15) is 73.2 Å². The Kier molecular flexibility index (Phi) is 64.1. The molecule has 3 aliphatic rings. The molecule has 3 heterocycles. The lowest BCUT2D eigenvalue weighted by molar-refractivity contribution is -0.379. The molecule has 3 saturated heterocycles. The lowest BCUT2D eigenvalue weighted by atomic mass is 9.96. The number of amides is 1. The van der Waals surface area contributed by atoms with Crippen LogP contribution in [0.3, 0.4) is 0 Å². The number of rotatable bonds is 72. The van der Waals surface area contributed by atoms with E-state index in [9.17, 15) is 61.0 Å². The standard InChI is InChI=1S/C90H163NO18/c1-3-5-7-9-11-13-15-17-19-21-23-25-27-29-30-31-32-33-34-35-36-37-38-39-40-41-42-44-46-48-50-52-54-56-58-60-62-64-66-68-78(96)91-73(74(95)67-65-63-61-59-57-55-53-51-49-47-45-43-28-26-24-22-20-18-16-14-12-10-8-6-4-2)72-104-88-84(102)81(99)86(76(70-93)106-88)109-90-85(103)82(100)87(77(71-94)107-90)108-89-83(101)80(98)79(97)75(69-92)105-89/h15,17,21,23,27,29,49,51,57,59,65,67,73-77,79-90,92-95,97-103H,3-14,16,18-20,22,24-26,28,30-48,50,52-56,58,60-64,66,68-72H2,1-2H3,(H,91,96)/b17-15-,23-21-,29-27-,51-49+,59-57+,67-65+. The molecule has 3 aliphatic heterocycles. The summed E-state index contributed by atoms with van der Waals surface area (Å²) in [6.07, 6.45) is 66.3. The van der Waals surface area contributed by atoms with Crippen molar-refractivity contribution in [1.29, 1.82) is 0 Å². The molecule has 19 heteroatoms. The van der Waals surface area contributed by atoms with Crippen molar-refractivity contribution >= 4 is 5.91 Å². The summed E-state index contributed by atoms with van der Waals surface area (Å²) in [6.45, 7) is 1.74. The zero-order valence-electron chi connectivity index (χ0n) is 68.5. The van der Waals surface area contributed by atoms with Crippen LogP contribution in [0.15, 0.2) is 72.9 Å². The lowest BCUT2D eigenvalue weighted by Crippen LogP contribution is -2.66. The summed E-state index contributed by atoms with van der Waals surface area (Å²) >= 11 is 0. The maximum Gasteiger partial charge on any atom is 0.220 e. The molecule has 0 aliphatic carbocycles. The topological polar surface area (TPSA) is 307 Å². The van der Waals surface area contributed by atoms with E-state index in [0.717, 1.165) is 57.8 Å². The van der Waals surface area contributed by atoms with Crippen molar-refractivity contribution < 1.29 is 89.4 Å². The van der Waals surface area contributed by atoms with Crippen LogP contribution in [0.5, 0.6) is 0 Å². The third-order valence-electron chi connectivity index (χ3n) is 22.0. The van der Waals surface area contributed by atoms with Crippen molar-refractivity contribution in [2.75, 3.05) is 26.4 Å². The molecule has 636 valence electrons. The number of aliphatic hydroxyl groups excluding tert-OH is 11. The Balaban J connectivity index is 1.32. The van der Waals surface area contributed by atoms with Crippen LogP contribution in [0.4, 0.5) is 0 Å². The number of unbranched alkanes of at least 4 members (excludes halogenated alkanes) is 46. The molecule has 17 unspecified atom stereocenters. The van der Waals surface area contributed by atoms with Crippen LogP contribution in [0.2, 0.25) is 0 Å². The van der Waals surface area contributed by atoms with E-state index in [4.69, 9.17) is 28.4 Å². The average molecular weight is 1550 g/mol. The number of carbonyl (C=O) groups excluding carboxylic acids is 1. The first-order chi connectivity index (χ1) is 53.3. The summed E-state index contributed by atoms with van der Waals surface area (Å²) in [5, 5.41) is 121. The lowest BCUT2D eigenvalue weighted by Gasteiger charge is -2.48. The average Bonchev–Trinajstić information content (AvgIpc) is 0.759. The van der Waals surface area contributed by atoms with Crippen molar-refractivity contribution in [3.8, 4) is 0 Å². The fourth-order valence-corrected chi connectivity index (χ4v) is 14.8. The monoisotopic (exact) mass is 1550 g/mol. The van der Waals surface area contributed by atoms with Crippen LogP contribution in [0.25, 0.3) is 0 Å². The summed E-state index contributed by atoms with van der Waals surface area (Å²) in [4.78, 5) is 13.5. The van der Waals surface area contributed by atoms with Crippen molar-refractivity contribution in [1.82, 2.24) is 5.32 Å². The minimum absolute atomic E-state index is 0.233. The minimum Gasteiger partial charge on any atom is -0.394 e. The van der Waals surface area contributed by atoms with E-state index in [1.54, 1.807) is 6.08 Å². The maximum absolute atomic E-state index is 13.5. The molecule has 0 aromatic rings. The highest BCUT2D eigenvalue weighted by atomic mass is 16.8. The van der Waals surface area contributed by atoms with Crippen LogP contribution in [0.1, 0.15) is 361 Å². The predicted octanol–water partition coefficient (Wildman–Crippen LogP) is 16.7. The van der Waals surface area contributed by atoms with Crippen molar-refractivity contribution in [3.05, 3.63) is 72.9 Å². The van der Waals surface area contributed by atoms with Gasteiger partial charge in [0.2, 0.25) is 5.91 Å². The fourth-order valence-electron chi connectivity index (χ4n) is 14.8. The van der Waals surface area contributed by atoms with Gasteiger partial charge in [-0.15, -0.1) is 0 Å². The van der Waals surface area contributed by atoms with E-state index < -0.39 is 124 Å². The Morgan fingerprint density at radius 2 is 0.615 bits per heavy atom. The third kappa shape index (κ3) is 48.4. The van der Waals surface area contributed by atoms with E-state index in [0.29, 0.717) is 12.8 Å². The number of aliphatic hydroxyl groups is 11. The molecule has 12 N–H and O–H groups in total. The first-order valence-corrected chi connectivity index (χ1v) is 44.7. The SMILES string of the molecule is CCCCCCC/C=C\C/C=C\C/C=C\CCCCCCCCCCCCCCCCCCCCCCCCCCC(=O)NC(COC1OC(CO)C(OC2OC(CO)C(OC3OC(CO)C(O)C(O)C3O)C(O)C2O)C(O)C1O)C(O)/C=C/CC/C=C/CC/C=C/CCCCCCCCCCCCCCCCC. The number of hydrogen-bond donors (Lipinski definition) is 12.